The zero-order chi connectivity index (χ0) is 14.7. The number of halogens is 1. The van der Waals surface area contributed by atoms with E-state index in [1.807, 2.05) is 6.92 Å². The Morgan fingerprint density at radius 2 is 2.30 bits per heavy atom. The van der Waals surface area contributed by atoms with Crippen molar-refractivity contribution in [2.75, 3.05) is 0 Å². The fourth-order valence-corrected chi connectivity index (χ4v) is 1.66. The third-order valence-electron chi connectivity index (χ3n) is 2.82. The van der Waals surface area contributed by atoms with Gasteiger partial charge in [-0.15, -0.1) is 0 Å². The Balaban J connectivity index is 2.36. The van der Waals surface area contributed by atoms with Gasteiger partial charge in [-0.25, -0.2) is 4.39 Å². The minimum absolute atomic E-state index is 0.0428. The van der Waals surface area contributed by atoms with Crippen molar-refractivity contribution in [2.24, 2.45) is 5.73 Å². The third kappa shape index (κ3) is 2.97. The van der Waals surface area contributed by atoms with Crippen molar-refractivity contribution in [3.05, 3.63) is 40.0 Å². The molecule has 0 saturated carbocycles. The van der Waals surface area contributed by atoms with Gasteiger partial charge in [0, 0.05) is 18.5 Å². The summed E-state index contributed by atoms with van der Waals surface area (Å²) < 4.78 is 18.2. The van der Waals surface area contributed by atoms with Gasteiger partial charge in [0.1, 0.15) is 11.4 Å². The lowest BCUT2D eigenvalue weighted by atomic mass is 10.1. The predicted molar refractivity (Wildman–Crippen MR) is 68.3 cm³/mol. The third-order valence-corrected chi connectivity index (χ3v) is 2.82. The van der Waals surface area contributed by atoms with Crippen molar-refractivity contribution in [1.82, 2.24) is 10.1 Å². The minimum Gasteiger partial charge on any atom is -0.334 e. The van der Waals surface area contributed by atoms with Crippen LogP contribution in [0.1, 0.15) is 19.2 Å². The zero-order valence-corrected chi connectivity index (χ0v) is 10.7. The van der Waals surface area contributed by atoms with E-state index >= 15 is 0 Å². The molecule has 106 valence electrons. The molecule has 1 unspecified atom stereocenters. The van der Waals surface area contributed by atoms with Crippen LogP contribution in [0.5, 0.6) is 0 Å². The summed E-state index contributed by atoms with van der Waals surface area (Å²) in [4.78, 5) is 14.3. The Labute approximate surface area is 113 Å². The van der Waals surface area contributed by atoms with Gasteiger partial charge in [-0.05, 0) is 18.6 Å². The van der Waals surface area contributed by atoms with E-state index in [9.17, 15) is 14.5 Å². The van der Waals surface area contributed by atoms with Crippen molar-refractivity contribution in [3.8, 4) is 11.5 Å². The normalized spacial score (nSPS) is 12.3. The molecule has 1 heterocycles. The Kier molecular flexibility index (Phi) is 4.04. The van der Waals surface area contributed by atoms with Crippen LogP contribution in [0, 0.1) is 15.9 Å². The average Bonchev–Trinajstić information content (AvgIpc) is 2.86. The number of rotatable bonds is 5. The van der Waals surface area contributed by atoms with Crippen LogP contribution in [-0.4, -0.2) is 21.1 Å². The van der Waals surface area contributed by atoms with Crippen LogP contribution in [0.25, 0.3) is 11.5 Å². The predicted octanol–water partition coefficient (Wildman–Crippen LogP) is 2.06. The van der Waals surface area contributed by atoms with Gasteiger partial charge in [0.05, 0.1) is 4.92 Å². The van der Waals surface area contributed by atoms with E-state index in [0.29, 0.717) is 12.2 Å². The topological polar surface area (TPSA) is 108 Å². The maximum absolute atomic E-state index is 13.2. The van der Waals surface area contributed by atoms with Crippen LogP contribution in [0.4, 0.5) is 10.1 Å². The van der Waals surface area contributed by atoms with Gasteiger partial charge in [-0.3, -0.25) is 10.1 Å². The smallest absolute Gasteiger partial charge is 0.282 e. The number of benzene rings is 1. The highest BCUT2D eigenvalue weighted by atomic mass is 19.1. The van der Waals surface area contributed by atoms with Crippen molar-refractivity contribution in [1.29, 1.82) is 0 Å². The van der Waals surface area contributed by atoms with E-state index in [0.717, 1.165) is 24.6 Å². The molecule has 2 N–H and O–H groups in total. The fourth-order valence-electron chi connectivity index (χ4n) is 1.66. The van der Waals surface area contributed by atoms with Crippen molar-refractivity contribution >= 4 is 5.69 Å². The Morgan fingerprint density at radius 3 is 2.95 bits per heavy atom. The number of nitrogens with two attached hydrogens (primary N) is 1. The van der Waals surface area contributed by atoms with Gasteiger partial charge >= 0.3 is 0 Å². The molecule has 2 aromatic rings. The summed E-state index contributed by atoms with van der Waals surface area (Å²) >= 11 is 0. The van der Waals surface area contributed by atoms with Crippen LogP contribution in [-0.2, 0) is 6.42 Å². The second kappa shape index (κ2) is 5.74. The van der Waals surface area contributed by atoms with Gasteiger partial charge in [0.15, 0.2) is 5.82 Å². The minimum atomic E-state index is -0.629. The standard InChI is InChI=1S/C12H13FN4O3/c1-2-8(14)6-11-15-12(20-16-11)9-5-7(13)3-4-10(9)17(18)19/h3-5,8H,2,6,14H2,1H3. The van der Waals surface area contributed by atoms with Crippen molar-refractivity contribution < 1.29 is 13.8 Å². The molecule has 1 aromatic heterocycles. The molecule has 0 saturated heterocycles. The van der Waals surface area contributed by atoms with E-state index in [2.05, 4.69) is 10.1 Å². The molecular weight excluding hydrogens is 267 g/mol. The molecule has 7 nitrogen and oxygen atoms in total. The van der Waals surface area contributed by atoms with Crippen LogP contribution in [0.2, 0.25) is 0 Å². The number of nitro benzene ring substituents is 1. The molecule has 0 fully saturated rings. The van der Waals surface area contributed by atoms with Crippen molar-refractivity contribution in [2.45, 2.75) is 25.8 Å². The molecule has 0 bridgehead atoms. The van der Waals surface area contributed by atoms with E-state index in [1.165, 1.54) is 0 Å². The van der Waals surface area contributed by atoms with Crippen LogP contribution < -0.4 is 5.73 Å². The first kappa shape index (κ1) is 14.1. The van der Waals surface area contributed by atoms with Gasteiger partial charge in [0.25, 0.3) is 11.6 Å². The largest absolute Gasteiger partial charge is 0.334 e. The Morgan fingerprint density at radius 1 is 1.55 bits per heavy atom. The molecule has 20 heavy (non-hydrogen) atoms. The molecule has 2 rings (SSSR count). The highest BCUT2D eigenvalue weighted by Gasteiger charge is 2.21. The highest BCUT2D eigenvalue weighted by Crippen LogP contribution is 2.29. The first-order valence-electron chi connectivity index (χ1n) is 6.03. The number of aromatic nitrogens is 2. The Bertz CT molecular complexity index is 629. The second-order valence-electron chi connectivity index (χ2n) is 4.31. The monoisotopic (exact) mass is 280 g/mol. The Hall–Kier alpha value is -2.35. The average molecular weight is 280 g/mol. The number of hydrogen-bond acceptors (Lipinski definition) is 6. The maximum atomic E-state index is 13.2. The second-order valence-corrected chi connectivity index (χ2v) is 4.31. The molecule has 1 atom stereocenters. The quantitative estimate of drug-likeness (QED) is 0.663. The zero-order valence-electron chi connectivity index (χ0n) is 10.7. The molecule has 0 aliphatic carbocycles. The summed E-state index contributed by atoms with van der Waals surface area (Å²) in [5, 5.41) is 14.6. The van der Waals surface area contributed by atoms with Gasteiger partial charge in [0.2, 0.25) is 0 Å². The lowest BCUT2D eigenvalue weighted by molar-refractivity contribution is -0.384. The van der Waals surface area contributed by atoms with Crippen LogP contribution >= 0.6 is 0 Å². The summed E-state index contributed by atoms with van der Waals surface area (Å²) in [6.45, 7) is 1.92. The maximum Gasteiger partial charge on any atom is 0.282 e. The summed E-state index contributed by atoms with van der Waals surface area (Å²) in [5.74, 6) is -0.363. The molecule has 0 radical (unpaired) electrons. The SMILES string of the molecule is CCC(N)Cc1noc(-c2cc(F)ccc2[N+](=O)[O-])n1. The molecule has 0 aliphatic heterocycles. The van der Waals surface area contributed by atoms with Crippen molar-refractivity contribution in [3.63, 3.8) is 0 Å². The molecular formula is C12H13FN4O3. The van der Waals surface area contributed by atoms with Gasteiger partial charge in [-0.2, -0.15) is 4.98 Å². The van der Waals surface area contributed by atoms with Crippen LogP contribution in [0.3, 0.4) is 0 Å². The summed E-state index contributed by atoms with van der Waals surface area (Å²) in [6, 6.07) is 2.94. The van der Waals surface area contributed by atoms with E-state index in [1.54, 1.807) is 0 Å². The molecule has 1 aromatic carbocycles. The molecule has 0 spiro atoms. The van der Waals surface area contributed by atoms with E-state index in [-0.39, 0.29) is 23.2 Å². The summed E-state index contributed by atoms with van der Waals surface area (Å²) in [7, 11) is 0. The van der Waals surface area contributed by atoms with E-state index < -0.39 is 10.7 Å². The fraction of sp³-hybridized carbons (Fsp3) is 0.333. The highest BCUT2D eigenvalue weighted by molar-refractivity contribution is 5.66. The van der Waals surface area contributed by atoms with Gasteiger partial charge in [-0.1, -0.05) is 12.1 Å². The molecule has 0 amide bonds. The van der Waals surface area contributed by atoms with Gasteiger partial charge < -0.3 is 10.3 Å². The molecule has 8 heteroatoms. The molecule has 0 aliphatic rings. The first-order valence-corrected chi connectivity index (χ1v) is 6.03. The lowest BCUT2D eigenvalue weighted by Gasteiger charge is -2.02. The summed E-state index contributed by atoms with van der Waals surface area (Å²) in [6.07, 6.45) is 1.13. The lowest BCUT2D eigenvalue weighted by Crippen LogP contribution is -2.21. The summed E-state index contributed by atoms with van der Waals surface area (Å²) in [5.41, 5.74) is 5.43. The number of hydrogen-bond donors (Lipinski definition) is 1. The van der Waals surface area contributed by atoms with Crippen LogP contribution in [0.15, 0.2) is 22.7 Å². The van der Waals surface area contributed by atoms with E-state index in [4.69, 9.17) is 10.3 Å². The number of nitrogens with zero attached hydrogens (tertiary/aromatic N) is 3. The first-order chi connectivity index (χ1) is 9.51. The number of nitro groups is 1.